The maximum absolute atomic E-state index is 10.00. The summed E-state index contributed by atoms with van der Waals surface area (Å²) in [5.74, 6) is 0. The summed E-state index contributed by atoms with van der Waals surface area (Å²) in [6, 6.07) is -0.833. The van der Waals surface area contributed by atoms with Gasteiger partial charge in [-0.05, 0) is 6.08 Å². The lowest BCUT2D eigenvalue weighted by Gasteiger charge is -1.83. The van der Waals surface area contributed by atoms with Gasteiger partial charge in [-0.15, -0.1) is 0 Å². The first kappa shape index (κ1) is 10.5. The molecule has 0 fully saturated rings. The normalized spacial score (nSPS) is 12.8. The molecule has 7 heteroatoms. The van der Waals surface area contributed by atoms with Crippen LogP contribution in [-0.4, -0.2) is 19.5 Å². The lowest BCUT2D eigenvalue weighted by Crippen LogP contribution is -2.18. The van der Waals surface area contributed by atoms with E-state index in [9.17, 15) is 8.42 Å². The summed E-state index contributed by atoms with van der Waals surface area (Å²) in [6.07, 6.45) is 3.41. The molecular weight excluding hydrogens is 184 g/mol. The first-order chi connectivity index (χ1) is 5.54. The van der Waals surface area contributed by atoms with Gasteiger partial charge in [0.2, 0.25) is 5.05 Å². The molecule has 0 aromatic carbocycles. The van der Waals surface area contributed by atoms with Gasteiger partial charge in [-0.2, -0.15) is 8.42 Å². The van der Waals surface area contributed by atoms with Gasteiger partial charge in [-0.3, -0.25) is 0 Å². The molecule has 1 aliphatic rings. The highest BCUT2D eigenvalue weighted by Gasteiger charge is 2.02. The van der Waals surface area contributed by atoms with E-state index >= 15 is 0 Å². The lowest BCUT2D eigenvalue weighted by molar-refractivity contribution is 0.256. The highest BCUT2D eigenvalue weighted by atomic mass is 32.2. The van der Waals surface area contributed by atoms with E-state index in [0.29, 0.717) is 6.42 Å². The summed E-state index contributed by atoms with van der Waals surface area (Å²) in [5, 5.41) is 0.102. The van der Waals surface area contributed by atoms with E-state index in [2.05, 4.69) is 16.2 Å². The van der Waals surface area contributed by atoms with Crippen LogP contribution in [0.2, 0.25) is 0 Å². The Morgan fingerprint density at radius 2 is 2.00 bits per heavy atom. The highest BCUT2D eigenvalue weighted by Crippen LogP contribution is 1.98. The number of nitrogens with two attached hydrogens (primary N) is 2. The molecule has 0 spiro atoms. The van der Waals surface area contributed by atoms with Crippen LogP contribution in [0.3, 0.4) is 0 Å². The van der Waals surface area contributed by atoms with Crippen molar-refractivity contribution in [3.8, 4) is 0 Å². The third-order valence-corrected chi connectivity index (χ3v) is 1.40. The second kappa shape index (κ2) is 5.19. The van der Waals surface area contributed by atoms with Crippen molar-refractivity contribution in [2.75, 3.05) is 0 Å². The predicted octanol–water partition coefficient (Wildman–Crippen LogP) is -1.05. The van der Waals surface area contributed by atoms with Gasteiger partial charge in [0.1, 0.15) is 0 Å². The minimum atomic E-state index is -2.16. The average molecular weight is 192 g/mol. The van der Waals surface area contributed by atoms with Gasteiger partial charge in [0.15, 0.2) is 0 Å². The fourth-order valence-electron chi connectivity index (χ4n) is 0.424. The summed E-state index contributed by atoms with van der Waals surface area (Å²) in [6.45, 7) is 0. The minimum Gasteiger partial charge on any atom is -0.453 e. The molecule has 12 heavy (non-hydrogen) atoms. The Hall–Kier alpha value is -1.50. The van der Waals surface area contributed by atoms with Gasteiger partial charge in [0.25, 0.3) is 10.3 Å². The number of rotatable bonds is 0. The van der Waals surface area contributed by atoms with Crippen molar-refractivity contribution in [2.24, 2.45) is 11.5 Å². The van der Waals surface area contributed by atoms with Gasteiger partial charge >= 0.3 is 6.03 Å². The number of hydrogen-bond acceptors (Lipinski definition) is 4. The van der Waals surface area contributed by atoms with Gasteiger partial charge < -0.3 is 16.2 Å². The zero-order valence-electron chi connectivity index (χ0n) is 6.06. The summed E-state index contributed by atoms with van der Waals surface area (Å²) in [5.41, 5.74) is 8.50. The summed E-state index contributed by atoms with van der Waals surface area (Å²) < 4.78 is 24.5. The van der Waals surface area contributed by atoms with Crippen molar-refractivity contribution in [2.45, 2.75) is 6.42 Å². The molecule has 0 bridgehead atoms. The molecule has 1 heterocycles. The topological polar surface area (TPSA) is 112 Å². The number of urea groups is 1. The molecule has 0 atom stereocenters. The van der Waals surface area contributed by atoms with E-state index in [1.54, 1.807) is 6.08 Å². The van der Waals surface area contributed by atoms with Crippen LogP contribution in [0.5, 0.6) is 0 Å². The van der Waals surface area contributed by atoms with Crippen LogP contribution in [0.4, 0.5) is 4.79 Å². The Morgan fingerprint density at radius 3 is 2.17 bits per heavy atom. The van der Waals surface area contributed by atoms with E-state index in [-0.39, 0.29) is 5.05 Å². The van der Waals surface area contributed by atoms with Crippen molar-refractivity contribution in [3.05, 3.63) is 12.3 Å². The van der Waals surface area contributed by atoms with Gasteiger partial charge in [-0.25, -0.2) is 4.79 Å². The van der Waals surface area contributed by atoms with E-state index in [4.69, 9.17) is 4.79 Å². The van der Waals surface area contributed by atoms with E-state index in [0.717, 1.165) is 0 Å². The van der Waals surface area contributed by atoms with Crippen molar-refractivity contribution in [3.63, 3.8) is 0 Å². The Balaban J connectivity index is 0.000000261. The predicted molar refractivity (Wildman–Crippen MR) is 42.5 cm³/mol. The monoisotopic (exact) mass is 192 g/mol. The number of amides is 2. The second-order valence-corrected chi connectivity index (χ2v) is 2.63. The smallest absolute Gasteiger partial charge is 0.309 e. The third-order valence-electron chi connectivity index (χ3n) is 0.766. The molecule has 1 aliphatic heterocycles. The van der Waals surface area contributed by atoms with Gasteiger partial charge in [0, 0.05) is 6.42 Å². The fourth-order valence-corrected chi connectivity index (χ4v) is 0.790. The molecule has 2 amide bonds. The molecule has 0 radical (unpaired) electrons. The fraction of sp³-hybridized carbons (Fsp3) is 0.200. The minimum absolute atomic E-state index is 0.102. The number of carbonyl (C=O) groups excluding carboxylic acids is 1. The van der Waals surface area contributed by atoms with Crippen LogP contribution in [0.1, 0.15) is 6.42 Å². The van der Waals surface area contributed by atoms with E-state index < -0.39 is 16.3 Å². The Morgan fingerprint density at radius 1 is 1.50 bits per heavy atom. The summed E-state index contributed by atoms with van der Waals surface area (Å²) >= 11 is 0. The maximum Gasteiger partial charge on any atom is 0.309 e. The van der Waals surface area contributed by atoms with Crippen LogP contribution in [0.15, 0.2) is 12.3 Å². The number of ether oxygens (including phenoxy) is 1. The van der Waals surface area contributed by atoms with E-state index in [1.807, 2.05) is 0 Å². The second-order valence-electron chi connectivity index (χ2n) is 1.70. The Labute approximate surface area is 70.3 Å². The van der Waals surface area contributed by atoms with Crippen LogP contribution in [0, 0.1) is 0 Å². The molecule has 0 saturated heterocycles. The number of primary amides is 2. The first-order valence-corrected chi connectivity index (χ1v) is 3.93. The zero-order valence-corrected chi connectivity index (χ0v) is 6.87. The zero-order chi connectivity index (χ0) is 9.56. The summed E-state index contributed by atoms with van der Waals surface area (Å²) in [7, 11) is -2.16. The molecule has 6 nitrogen and oxygen atoms in total. The van der Waals surface area contributed by atoms with Gasteiger partial charge in [-0.1, -0.05) is 0 Å². The number of carbonyl (C=O) groups is 1. The Bertz CT molecular complexity index is 294. The van der Waals surface area contributed by atoms with Crippen LogP contribution in [0.25, 0.3) is 0 Å². The molecule has 0 aliphatic carbocycles. The quantitative estimate of drug-likeness (QED) is 0.477. The van der Waals surface area contributed by atoms with Crippen molar-refractivity contribution in [1.29, 1.82) is 0 Å². The molecule has 0 saturated carbocycles. The van der Waals surface area contributed by atoms with Crippen molar-refractivity contribution in [1.82, 2.24) is 0 Å². The van der Waals surface area contributed by atoms with Crippen molar-refractivity contribution < 1.29 is 17.9 Å². The van der Waals surface area contributed by atoms with Gasteiger partial charge in [0.05, 0.1) is 6.26 Å². The molecule has 68 valence electrons. The van der Waals surface area contributed by atoms with E-state index in [1.165, 1.54) is 6.26 Å². The number of hydrogen-bond donors (Lipinski definition) is 2. The molecule has 0 aromatic rings. The largest absolute Gasteiger partial charge is 0.453 e. The maximum atomic E-state index is 10.00. The molecule has 4 N–H and O–H groups in total. The SMILES string of the molecule is NC(N)=O.O=S(=O)=C1CC=CO1. The van der Waals surface area contributed by atoms with Crippen LogP contribution in [-0.2, 0) is 15.0 Å². The third kappa shape index (κ3) is 5.30. The molecule has 0 unspecified atom stereocenters. The average Bonchev–Trinajstić information content (AvgIpc) is 2.34. The van der Waals surface area contributed by atoms with Crippen LogP contribution < -0.4 is 11.5 Å². The first-order valence-electron chi connectivity index (χ1n) is 2.85. The van der Waals surface area contributed by atoms with Crippen molar-refractivity contribution >= 4 is 21.4 Å². The molecular formula is C5H8N2O4S. The summed E-state index contributed by atoms with van der Waals surface area (Å²) in [4.78, 5) is 9.00. The lowest BCUT2D eigenvalue weighted by atomic mass is 10.5. The Kier molecular flexibility index (Phi) is 4.54. The highest BCUT2D eigenvalue weighted by molar-refractivity contribution is 7.72. The molecule has 0 aromatic heterocycles. The van der Waals surface area contributed by atoms with Crippen LogP contribution >= 0.6 is 0 Å². The standard InChI is InChI=1S/C4H4O3S.CH4N2O/c5-8(6)4-2-1-3-7-4;2-1(3)4/h1,3H,2H2;(H4,2,3,4). The molecule has 1 rings (SSSR count).